The fourth-order valence-corrected chi connectivity index (χ4v) is 2.70. The molecular formula is C16H21NO3. The molecule has 0 spiro atoms. The molecule has 1 aromatic carbocycles. The first-order chi connectivity index (χ1) is 9.58. The van der Waals surface area contributed by atoms with Gasteiger partial charge in [-0.1, -0.05) is 37.3 Å². The number of carbonyl (C=O) groups excluding carboxylic acids is 1. The maximum atomic E-state index is 12.3. The standard InChI is InChI=1S/C16H21NO3/c1-12(13-6-3-2-4-7-13)10-15(18)17-9-5-8-14(11-17)16(19)20/h2-4,6-7,12,14H,5,8-11H2,1H3,(H,19,20)/t12-,14-/m1/s1. The van der Waals surface area contributed by atoms with Crippen LogP contribution in [0.1, 0.15) is 37.7 Å². The lowest BCUT2D eigenvalue weighted by Gasteiger charge is -2.31. The molecule has 4 nitrogen and oxygen atoms in total. The second-order valence-electron chi connectivity index (χ2n) is 5.53. The average Bonchev–Trinajstić information content (AvgIpc) is 2.48. The molecule has 0 radical (unpaired) electrons. The predicted octanol–water partition coefficient (Wildman–Crippen LogP) is 2.50. The molecule has 2 atom stereocenters. The van der Waals surface area contributed by atoms with E-state index in [0.29, 0.717) is 25.9 Å². The summed E-state index contributed by atoms with van der Waals surface area (Å²) in [7, 11) is 0. The lowest BCUT2D eigenvalue weighted by atomic mass is 9.94. The Labute approximate surface area is 119 Å². The number of likely N-dealkylation sites (tertiary alicyclic amines) is 1. The number of nitrogens with zero attached hydrogens (tertiary/aromatic N) is 1. The lowest BCUT2D eigenvalue weighted by molar-refractivity contribution is -0.145. The third-order valence-electron chi connectivity index (χ3n) is 3.97. The first-order valence-electron chi connectivity index (χ1n) is 7.13. The Bertz CT molecular complexity index is 472. The zero-order valence-electron chi connectivity index (χ0n) is 11.8. The zero-order valence-corrected chi connectivity index (χ0v) is 11.8. The average molecular weight is 275 g/mol. The quantitative estimate of drug-likeness (QED) is 0.918. The molecule has 1 amide bonds. The van der Waals surface area contributed by atoms with Gasteiger partial charge in [-0.05, 0) is 24.3 Å². The van der Waals surface area contributed by atoms with Crippen LogP contribution in [0.3, 0.4) is 0 Å². The van der Waals surface area contributed by atoms with Crippen molar-refractivity contribution in [2.75, 3.05) is 13.1 Å². The van der Waals surface area contributed by atoms with E-state index in [2.05, 4.69) is 0 Å². The van der Waals surface area contributed by atoms with Gasteiger partial charge in [0.05, 0.1) is 5.92 Å². The molecule has 2 rings (SSSR count). The zero-order chi connectivity index (χ0) is 14.5. The van der Waals surface area contributed by atoms with Crippen LogP contribution in [0.15, 0.2) is 30.3 Å². The highest BCUT2D eigenvalue weighted by atomic mass is 16.4. The van der Waals surface area contributed by atoms with Crippen LogP contribution in [0.25, 0.3) is 0 Å². The number of carboxylic acids is 1. The van der Waals surface area contributed by atoms with Crippen LogP contribution >= 0.6 is 0 Å². The van der Waals surface area contributed by atoms with E-state index >= 15 is 0 Å². The van der Waals surface area contributed by atoms with E-state index in [1.54, 1.807) is 4.90 Å². The lowest BCUT2D eigenvalue weighted by Crippen LogP contribution is -2.42. The van der Waals surface area contributed by atoms with Gasteiger partial charge in [-0.3, -0.25) is 9.59 Å². The van der Waals surface area contributed by atoms with E-state index < -0.39 is 11.9 Å². The Kier molecular flexibility index (Phi) is 4.77. The van der Waals surface area contributed by atoms with Crippen LogP contribution < -0.4 is 0 Å². The summed E-state index contributed by atoms with van der Waals surface area (Å²) in [5, 5.41) is 9.06. The molecule has 0 aliphatic carbocycles. The van der Waals surface area contributed by atoms with Crippen molar-refractivity contribution in [3.05, 3.63) is 35.9 Å². The summed E-state index contributed by atoms with van der Waals surface area (Å²) in [5.74, 6) is -0.973. The highest BCUT2D eigenvalue weighted by Crippen LogP contribution is 2.22. The Morgan fingerprint density at radius 1 is 1.35 bits per heavy atom. The third-order valence-corrected chi connectivity index (χ3v) is 3.97. The summed E-state index contributed by atoms with van der Waals surface area (Å²) in [6, 6.07) is 9.94. The molecule has 108 valence electrons. The van der Waals surface area contributed by atoms with E-state index in [0.717, 1.165) is 12.0 Å². The number of aliphatic carboxylic acids is 1. The highest BCUT2D eigenvalue weighted by Gasteiger charge is 2.28. The van der Waals surface area contributed by atoms with Crippen molar-refractivity contribution < 1.29 is 14.7 Å². The van der Waals surface area contributed by atoms with Crippen LogP contribution in [-0.2, 0) is 9.59 Å². The summed E-state index contributed by atoms with van der Waals surface area (Å²) in [4.78, 5) is 25.0. The molecule has 20 heavy (non-hydrogen) atoms. The number of piperidine rings is 1. The number of carboxylic acid groups (broad SMARTS) is 1. The second kappa shape index (κ2) is 6.55. The molecule has 0 bridgehead atoms. The molecular weight excluding hydrogens is 254 g/mol. The van der Waals surface area contributed by atoms with E-state index in [-0.39, 0.29) is 11.8 Å². The third kappa shape index (κ3) is 3.59. The maximum absolute atomic E-state index is 12.3. The first-order valence-corrected chi connectivity index (χ1v) is 7.13. The topological polar surface area (TPSA) is 57.6 Å². The molecule has 0 unspecified atom stereocenters. The summed E-state index contributed by atoms with van der Waals surface area (Å²) in [6.07, 6.45) is 1.89. The Morgan fingerprint density at radius 3 is 2.70 bits per heavy atom. The van der Waals surface area contributed by atoms with Crippen LogP contribution in [0, 0.1) is 5.92 Å². The SMILES string of the molecule is C[C@H](CC(=O)N1CCC[C@@H](C(=O)O)C1)c1ccccc1. The minimum atomic E-state index is -0.793. The number of carbonyl (C=O) groups is 2. The Balaban J connectivity index is 1.93. The van der Waals surface area contributed by atoms with Gasteiger partial charge >= 0.3 is 5.97 Å². The van der Waals surface area contributed by atoms with Gasteiger partial charge < -0.3 is 10.0 Å². The fraction of sp³-hybridized carbons (Fsp3) is 0.500. The van der Waals surface area contributed by atoms with Gasteiger partial charge in [-0.2, -0.15) is 0 Å². The summed E-state index contributed by atoms with van der Waals surface area (Å²) in [5.41, 5.74) is 1.15. The van der Waals surface area contributed by atoms with Crippen molar-refractivity contribution >= 4 is 11.9 Å². The number of rotatable bonds is 4. The van der Waals surface area contributed by atoms with Gasteiger partial charge in [-0.15, -0.1) is 0 Å². The summed E-state index contributed by atoms with van der Waals surface area (Å²) < 4.78 is 0. The van der Waals surface area contributed by atoms with Gasteiger partial charge in [0, 0.05) is 19.5 Å². The molecule has 1 saturated heterocycles. The van der Waals surface area contributed by atoms with E-state index in [9.17, 15) is 9.59 Å². The molecule has 1 aromatic rings. The van der Waals surface area contributed by atoms with Crippen molar-refractivity contribution in [3.8, 4) is 0 Å². The van der Waals surface area contributed by atoms with Crippen molar-refractivity contribution in [3.63, 3.8) is 0 Å². The van der Waals surface area contributed by atoms with Crippen LogP contribution in [0.2, 0.25) is 0 Å². The van der Waals surface area contributed by atoms with Gasteiger partial charge in [0.25, 0.3) is 0 Å². The maximum Gasteiger partial charge on any atom is 0.308 e. The van der Waals surface area contributed by atoms with Gasteiger partial charge in [0.2, 0.25) is 5.91 Å². The van der Waals surface area contributed by atoms with Crippen molar-refractivity contribution in [1.82, 2.24) is 4.90 Å². The van der Waals surface area contributed by atoms with Gasteiger partial charge in [0.15, 0.2) is 0 Å². The van der Waals surface area contributed by atoms with Crippen molar-refractivity contribution in [2.24, 2.45) is 5.92 Å². The molecule has 1 fully saturated rings. The summed E-state index contributed by atoms with van der Waals surface area (Å²) >= 11 is 0. The molecule has 1 heterocycles. The molecule has 1 N–H and O–H groups in total. The monoisotopic (exact) mass is 275 g/mol. The van der Waals surface area contributed by atoms with E-state index in [1.807, 2.05) is 37.3 Å². The number of amides is 1. The minimum Gasteiger partial charge on any atom is -0.481 e. The predicted molar refractivity (Wildman–Crippen MR) is 76.4 cm³/mol. The van der Waals surface area contributed by atoms with Gasteiger partial charge in [0.1, 0.15) is 0 Å². The normalized spacial score (nSPS) is 20.4. The molecule has 1 aliphatic heterocycles. The van der Waals surface area contributed by atoms with Crippen molar-refractivity contribution in [2.45, 2.75) is 32.1 Å². The largest absolute Gasteiger partial charge is 0.481 e. The second-order valence-corrected chi connectivity index (χ2v) is 5.53. The number of hydrogen-bond donors (Lipinski definition) is 1. The highest BCUT2D eigenvalue weighted by molar-refractivity contribution is 5.78. The fourth-order valence-electron chi connectivity index (χ4n) is 2.70. The number of benzene rings is 1. The van der Waals surface area contributed by atoms with Crippen LogP contribution in [0.4, 0.5) is 0 Å². The molecule has 1 aliphatic rings. The molecule has 0 saturated carbocycles. The minimum absolute atomic E-state index is 0.0623. The Morgan fingerprint density at radius 2 is 2.05 bits per heavy atom. The summed E-state index contributed by atoms with van der Waals surface area (Å²) in [6.45, 7) is 3.08. The molecule has 0 aromatic heterocycles. The molecule has 4 heteroatoms. The van der Waals surface area contributed by atoms with E-state index in [4.69, 9.17) is 5.11 Å². The Hall–Kier alpha value is -1.84. The van der Waals surface area contributed by atoms with Crippen LogP contribution in [-0.4, -0.2) is 35.0 Å². The first kappa shape index (κ1) is 14.6. The number of hydrogen-bond acceptors (Lipinski definition) is 2. The smallest absolute Gasteiger partial charge is 0.308 e. The van der Waals surface area contributed by atoms with Gasteiger partial charge in [-0.25, -0.2) is 0 Å². The van der Waals surface area contributed by atoms with Crippen LogP contribution in [0.5, 0.6) is 0 Å². The van der Waals surface area contributed by atoms with Crippen molar-refractivity contribution in [1.29, 1.82) is 0 Å². The van der Waals surface area contributed by atoms with E-state index in [1.165, 1.54) is 0 Å².